The maximum atomic E-state index is 5.58. The summed E-state index contributed by atoms with van der Waals surface area (Å²) >= 11 is 0. The third-order valence-corrected chi connectivity index (χ3v) is 1.04. The van der Waals surface area contributed by atoms with Crippen molar-refractivity contribution in [2.24, 2.45) is 5.73 Å². The van der Waals surface area contributed by atoms with Crippen LogP contribution in [0.1, 0.15) is 13.8 Å². The highest BCUT2D eigenvalue weighted by Crippen LogP contribution is 2.04. The van der Waals surface area contributed by atoms with Gasteiger partial charge in [-0.25, -0.2) is 0 Å². The van der Waals surface area contributed by atoms with E-state index in [-0.39, 0.29) is 0 Å². The molecule has 0 saturated heterocycles. The lowest BCUT2D eigenvalue weighted by Crippen LogP contribution is -2.03. The van der Waals surface area contributed by atoms with Gasteiger partial charge in [0.2, 0.25) is 0 Å². The van der Waals surface area contributed by atoms with Gasteiger partial charge in [-0.3, -0.25) is 0 Å². The van der Waals surface area contributed by atoms with E-state index in [4.69, 9.17) is 10.5 Å². The summed E-state index contributed by atoms with van der Waals surface area (Å²) in [5, 5.41) is 0. The summed E-state index contributed by atoms with van der Waals surface area (Å²) in [5.74, 6) is 0.510. The van der Waals surface area contributed by atoms with Gasteiger partial charge in [0.25, 0.3) is 0 Å². The maximum Gasteiger partial charge on any atom is 0.135 e. The largest absolute Gasteiger partial charge is 0.492 e. The van der Waals surface area contributed by atoms with Crippen LogP contribution in [0.2, 0.25) is 0 Å². The molecule has 2 nitrogen and oxygen atoms in total. The van der Waals surface area contributed by atoms with Crippen LogP contribution in [0.15, 0.2) is 36.3 Å². The van der Waals surface area contributed by atoms with Crippen LogP contribution in [0.3, 0.4) is 0 Å². The van der Waals surface area contributed by atoms with Crippen LogP contribution in [0.25, 0.3) is 0 Å². The van der Waals surface area contributed by atoms with Gasteiger partial charge >= 0.3 is 0 Å². The van der Waals surface area contributed by atoms with E-state index in [0.29, 0.717) is 18.1 Å². The highest BCUT2D eigenvalue weighted by atomic mass is 16.5. The fourth-order valence-electron chi connectivity index (χ4n) is 0.604. The minimum absolute atomic E-state index is 0.510. The highest BCUT2D eigenvalue weighted by molar-refractivity contribution is 5.27. The Kier molecular flexibility index (Phi) is 4.11. The van der Waals surface area contributed by atoms with E-state index in [1.54, 1.807) is 6.08 Å². The third kappa shape index (κ3) is 4.25. The molecule has 0 radical (unpaired) electrons. The minimum atomic E-state index is 0.510. The summed E-state index contributed by atoms with van der Waals surface area (Å²) in [6, 6.07) is 0. The molecule has 0 amide bonds. The van der Waals surface area contributed by atoms with Crippen molar-refractivity contribution in [2.75, 3.05) is 6.61 Å². The van der Waals surface area contributed by atoms with E-state index in [9.17, 15) is 0 Å². The highest BCUT2D eigenvalue weighted by Gasteiger charge is 1.95. The molecule has 0 aromatic heterocycles. The Bertz CT molecular complexity index is 192. The molecule has 0 aromatic rings. The molecule has 0 aliphatic carbocycles. The molecule has 11 heavy (non-hydrogen) atoms. The number of hydrogen-bond donors (Lipinski definition) is 1. The van der Waals surface area contributed by atoms with Crippen molar-refractivity contribution in [3.63, 3.8) is 0 Å². The SMILES string of the molecule is C=C(C)/C=C(/N)C(=C)OCC. The van der Waals surface area contributed by atoms with Gasteiger partial charge in [-0.2, -0.15) is 0 Å². The topological polar surface area (TPSA) is 35.2 Å². The summed E-state index contributed by atoms with van der Waals surface area (Å²) in [5.41, 5.74) is 7.01. The van der Waals surface area contributed by atoms with Crippen LogP contribution < -0.4 is 5.73 Å². The molecule has 0 aromatic carbocycles. The second-order valence-corrected chi connectivity index (χ2v) is 2.30. The van der Waals surface area contributed by atoms with Gasteiger partial charge in [0.15, 0.2) is 0 Å². The summed E-state index contributed by atoms with van der Waals surface area (Å²) in [4.78, 5) is 0. The molecule has 0 heterocycles. The van der Waals surface area contributed by atoms with Crippen LogP contribution >= 0.6 is 0 Å². The molecule has 0 aliphatic rings. The minimum Gasteiger partial charge on any atom is -0.492 e. The fourth-order valence-corrected chi connectivity index (χ4v) is 0.604. The second kappa shape index (κ2) is 4.61. The van der Waals surface area contributed by atoms with Crippen molar-refractivity contribution in [1.29, 1.82) is 0 Å². The van der Waals surface area contributed by atoms with Crippen molar-refractivity contribution >= 4 is 0 Å². The Balaban J connectivity index is 4.12. The Morgan fingerprint density at radius 2 is 2.09 bits per heavy atom. The fraction of sp³-hybridized carbons (Fsp3) is 0.333. The van der Waals surface area contributed by atoms with E-state index in [1.807, 2.05) is 13.8 Å². The van der Waals surface area contributed by atoms with Gasteiger partial charge in [-0.1, -0.05) is 18.7 Å². The van der Waals surface area contributed by atoms with Crippen LogP contribution in [0.5, 0.6) is 0 Å². The standard InChI is InChI=1S/C9H15NO/c1-5-11-8(4)9(10)6-7(2)3/h6H,2,4-5,10H2,1,3H3/b9-6+. The van der Waals surface area contributed by atoms with Gasteiger partial charge in [0.05, 0.1) is 12.3 Å². The van der Waals surface area contributed by atoms with Gasteiger partial charge in [0, 0.05) is 0 Å². The normalized spacial score (nSPS) is 10.9. The van der Waals surface area contributed by atoms with E-state index < -0.39 is 0 Å². The van der Waals surface area contributed by atoms with Gasteiger partial charge in [-0.05, 0) is 19.9 Å². The molecule has 0 bridgehead atoms. The summed E-state index contributed by atoms with van der Waals surface area (Å²) < 4.78 is 5.08. The lowest BCUT2D eigenvalue weighted by molar-refractivity contribution is 0.238. The van der Waals surface area contributed by atoms with Crippen molar-refractivity contribution in [1.82, 2.24) is 0 Å². The van der Waals surface area contributed by atoms with E-state index in [1.165, 1.54) is 0 Å². The predicted octanol–water partition coefficient (Wildman–Crippen LogP) is 1.96. The molecule has 0 spiro atoms. The van der Waals surface area contributed by atoms with Crippen molar-refractivity contribution < 1.29 is 4.74 Å². The predicted molar refractivity (Wildman–Crippen MR) is 47.9 cm³/mol. The van der Waals surface area contributed by atoms with Crippen molar-refractivity contribution in [3.05, 3.63) is 36.3 Å². The average Bonchev–Trinajstić information content (AvgIpc) is 1.86. The first-order chi connectivity index (χ1) is 5.07. The molecule has 0 atom stereocenters. The zero-order valence-electron chi connectivity index (χ0n) is 7.18. The summed E-state index contributed by atoms with van der Waals surface area (Å²) in [6.07, 6.45) is 1.73. The van der Waals surface area contributed by atoms with Crippen LogP contribution in [-0.4, -0.2) is 6.61 Å². The number of ether oxygens (including phenoxy) is 1. The molecule has 0 fully saturated rings. The number of nitrogens with two attached hydrogens (primary N) is 1. The molecule has 0 rings (SSSR count). The van der Waals surface area contributed by atoms with Crippen LogP contribution in [0.4, 0.5) is 0 Å². The zero-order chi connectivity index (χ0) is 8.85. The maximum absolute atomic E-state index is 5.58. The second-order valence-electron chi connectivity index (χ2n) is 2.30. The van der Waals surface area contributed by atoms with Crippen LogP contribution in [0, 0.1) is 0 Å². The lowest BCUT2D eigenvalue weighted by Gasteiger charge is -2.05. The summed E-state index contributed by atoms with van der Waals surface area (Å²) in [6.45, 7) is 11.7. The van der Waals surface area contributed by atoms with Crippen molar-refractivity contribution in [3.8, 4) is 0 Å². The zero-order valence-corrected chi connectivity index (χ0v) is 7.18. The van der Waals surface area contributed by atoms with E-state index in [0.717, 1.165) is 5.57 Å². The Morgan fingerprint density at radius 1 is 1.55 bits per heavy atom. The Morgan fingerprint density at radius 3 is 2.45 bits per heavy atom. The smallest absolute Gasteiger partial charge is 0.135 e. The number of hydrogen-bond acceptors (Lipinski definition) is 2. The molecular weight excluding hydrogens is 138 g/mol. The quantitative estimate of drug-likeness (QED) is 0.495. The molecule has 0 aliphatic heterocycles. The average molecular weight is 153 g/mol. The lowest BCUT2D eigenvalue weighted by atomic mass is 10.2. The first-order valence-electron chi connectivity index (χ1n) is 3.52. The number of allylic oxidation sites excluding steroid dienone is 2. The van der Waals surface area contributed by atoms with E-state index in [2.05, 4.69) is 13.2 Å². The van der Waals surface area contributed by atoms with Crippen LogP contribution in [-0.2, 0) is 4.74 Å². The molecule has 0 unspecified atom stereocenters. The van der Waals surface area contributed by atoms with E-state index >= 15 is 0 Å². The van der Waals surface area contributed by atoms with Gasteiger partial charge < -0.3 is 10.5 Å². The summed E-state index contributed by atoms with van der Waals surface area (Å²) in [7, 11) is 0. The first kappa shape index (κ1) is 9.82. The molecule has 62 valence electrons. The molecule has 0 saturated carbocycles. The van der Waals surface area contributed by atoms with Crippen molar-refractivity contribution in [2.45, 2.75) is 13.8 Å². The molecule has 2 N–H and O–H groups in total. The first-order valence-corrected chi connectivity index (χ1v) is 3.52. The van der Waals surface area contributed by atoms with Gasteiger partial charge in [0.1, 0.15) is 5.76 Å². The van der Waals surface area contributed by atoms with Gasteiger partial charge in [-0.15, -0.1) is 0 Å². The third-order valence-electron chi connectivity index (χ3n) is 1.04. The number of rotatable bonds is 4. The molecule has 2 heteroatoms. The monoisotopic (exact) mass is 153 g/mol. The Labute approximate surface area is 68.0 Å². The molecular formula is C9H15NO. The Hall–Kier alpha value is -1.18.